The van der Waals surface area contributed by atoms with Crippen molar-refractivity contribution in [2.24, 2.45) is 4.99 Å². The van der Waals surface area contributed by atoms with Crippen molar-refractivity contribution in [3.8, 4) is 11.5 Å². The number of methoxy groups -OCH3 is 2. The molecule has 1 heterocycles. The molecular formula is C26H24ClN3O4S. The van der Waals surface area contributed by atoms with E-state index in [1.54, 1.807) is 67.7 Å². The van der Waals surface area contributed by atoms with Gasteiger partial charge >= 0.3 is 0 Å². The molecule has 0 aliphatic carbocycles. The number of hydrogen-bond acceptors (Lipinski definition) is 6. The molecule has 2 amide bonds. The Hall–Kier alpha value is -3.49. The highest BCUT2D eigenvalue weighted by Gasteiger charge is 2.36. The third-order valence-corrected chi connectivity index (χ3v) is 6.88. The minimum atomic E-state index is -0.650. The van der Waals surface area contributed by atoms with Gasteiger partial charge in [-0.25, -0.2) is 4.99 Å². The standard InChI is InChI=1S/C26H24ClN3O4S/c1-33-19-11-7-17(8-12-19)16-30-24(31)15-23(25(32)29-22-6-4-3-5-21(22)27)35-26(30)28-18-9-13-20(34-2)14-10-18/h3-14,23H,15-16H2,1-2H3,(H,29,32). The summed E-state index contributed by atoms with van der Waals surface area (Å²) in [6.07, 6.45) is 0.0404. The lowest BCUT2D eigenvalue weighted by Crippen LogP contribution is -2.44. The number of nitrogens with one attached hydrogen (secondary N) is 1. The molecule has 7 nitrogen and oxygen atoms in total. The molecule has 4 rings (SSSR count). The van der Waals surface area contributed by atoms with Crippen molar-refractivity contribution in [3.63, 3.8) is 0 Å². The summed E-state index contributed by atoms with van der Waals surface area (Å²) in [5.74, 6) is 0.944. The fraction of sp³-hybridized carbons (Fsp3) is 0.192. The quantitative estimate of drug-likeness (QED) is 0.453. The molecule has 0 spiro atoms. The van der Waals surface area contributed by atoms with Gasteiger partial charge in [-0.2, -0.15) is 0 Å². The minimum Gasteiger partial charge on any atom is -0.497 e. The molecule has 0 bridgehead atoms. The van der Waals surface area contributed by atoms with Gasteiger partial charge in [-0.15, -0.1) is 0 Å². The molecule has 1 atom stereocenters. The average molecular weight is 510 g/mol. The molecular weight excluding hydrogens is 486 g/mol. The van der Waals surface area contributed by atoms with E-state index in [2.05, 4.69) is 5.32 Å². The highest BCUT2D eigenvalue weighted by atomic mass is 35.5. The number of anilines is 1. The molecule has 1 saturated heterocycles. The van der Waals surface area contributed by atoms with Crippen molar-refractivity contribution in [2.75, 3.05) is 19.5 Å². The zero-order chi connectivity index (χ0) is 24.8. The number of carbonyl (C=O) groups excluding carboxylic acids is 2. The van der Waals surface area contributed by atoms with Crippen LogP contribution in [0.2, 0.25) is 5.02 Å². The Bertz CT molecular complexity index is 1230. The predicted molar refractivity (Wildman–Crippen MR) is 140 cm³/mol. The maximum absolute atomic E-state index is 13.2. The number of rotatable bonds is 7. The normalized spacial score (nSPS) is 16.8. The van der Waals surface area contributed by atoms with Crippen LogP contribution in [0.5, 0.6) is 11.5 Å². The Kier molecular flexibility index (Phi) is 7.94. The molecule has 3 aromatic rings. The summed E-state index contributed by atoms with van der Waals surface area (Å²) >= 11 is 7.44. The van der Waals surface area contributed by atoms with E-state index < -0.39 is 5.25 Å². The topological polar surface area (TPSA) is 80.2 Å². The van der Waals surface area contributed by atoms with Crippen molar-refractivity contribution >= 4 is 51.7 Å². The first-order valence-electron chi connectivity index (χ1n) is 10.8. The molecule has 1 N–H and O–H groups in total. The number of ether oxygens (including phenoxy) is 2. The number of para-hydroxylation sites is 1. The third kappa shape index (κ3) is 6.15. The van der Waals surface area contributed by atoms with Crippen LogP contribution in [0.3, 0.4) is 0 Å². The van der Waals surface area contributed by atoms with Gasteiger partial charge < -0.3 is 14.8 Å². The highest BCUT2D eigenvalue weighted by molar-refractivity contribution is 8.15. The number of amides is 2. The summed E-state index contributed by atoms with van der Waals surface area (Å²) in [6, 6.07) is 21.7. The van der Waals surface area contributed by atoms with Gasteiger partial charge in [-0.05, 0) is 54.1 Å². The lowest BCUT2D eigenvalue weighted by atomic mass is 10.2. The second-order valence-electron chi connectivity index (χ2n) is 7.70. The predicted octanol–water partition coefficient (Wildman–Crippen LogP) is 5.52. The largest absolute Gasteiger partial charge is 0.497 e. The fourth-order valence-corrected chi connectivity index (χ4v) is 4.73. The Morgan fingerprint density at radius 1 is 1.03 bits per heavy atom. The monoisotopic (exact) mass is 509 g/mol. The van der Waals surface area contributed by atoms with Crippen LogP contribution < -0.4 is 14.8 Å². The Morgan fingerprint density at radius 2 is 1.66 bits per heavy atom. The van der Waals surface area contributed by atoms with E-state index >= 15 is 0 Å². The van der Waals surface area contributed by atoms with Crippen LogP contribution in [0.25, 0.3) is 0 Å². The van der Waals surface area contributed by atoms with Gasteiger partial charge in [0.2, 0.25) is 11.8 Å². The molecule has 1 unspecified atom stereocenters. The highest BCUT2D eigenvalue weighted by Crippen LogP contribution is 2.32. The second kappa shape index (κ2) is 11.3. The Balaban J connectivity index is 1.60. The number of amidine groups is 1. The summed E-state index contributed by atoms with van der Waals surface area (Å²) < 4.78 is 10.4. The first kappa shape index (κ1) is 24.6. The summed E-state index contributed by atoms with van der Waals surface area (Å²) in [4.78, 5) is 32.6. The zero-order valence-electron chi connectivity index (χ0n) is 19.2. The number of aliphatic imine (C=N–C) groups is 1. The number of carbonyl (C=O) groups is 2. The molecule has 3 aromatic carbocycles. The molecule has 180 valence electrons. The number of halogens is 1. The maximum Gasteiger partial charge on any atom is 0.238 e. The number of hydrogen-bond donors (Lipinski definition) is 1. The average Bonchev–Trinajstić information content (AvgIpc) is 2.88. The van der Waals surface area contributed by atoms with Crippen LogP contribution in [0.15, 0.2) is 77.8 Å². The lowest BCUT2D eigenvalue weighted by Gasteiger charge is -2.32. The number of nitrogens with zero attached hydrogens (tertiary/aromatic N) is 2. The van der Waals surface area contributed by atoms with Crippen molar-refractivity contribution in [1.29, 1.82) is 0 Å². The zero-order valence-corrected chi connectivity index (χ0v) is 20.8. The summed E-state index contributed by atoms with van der Waals surface area (Å²) in [6.45, 7) is 0.323. The van der Waals surface area contributed by atoms with E-state index in [1.807, 2.05) is 24.3 Å². The first-order valence-corrected chi connectivity index (χ1v) is 12.1. The van der Waals surface area contributed by atoms with Crippen molar-refractivity contribution in [2.45, 2.75) is 18.2 Å². The van der Waals surface area contributed by atoms with E-state index in [1.165, 1.54) is 11.8 Å². The molecule has 0 saturated carbocycles. The number of thioether (sulfide) groups is 1. The fourth-order valence-electron chi connectivity index (χ4n) is 3.45. The van der Waals surface area contributed by atoms with Crippen LogP contribution in [0.4, 0.5) is 11.4 Å². The van der Waals surface area contributed by atoms with E-state index in [0.29, 0.717) is 33.9 Å². The first-order chi connectivity index (χ1) is 17.0. The van der Waals surface area contributed by atoms with Gasteiger partial charge in [0.15, 0.2) is 5.17 Å². The smallest absolute Gasteiger partial charge is 0.238 e. The second-order valence-corrected chi connectivity index (χ2v) is 9.28. The van der Waals surface area contributed by atoms with Crippen molar-refractivity contribution in [1.82, 2.24) is 4.90 Å². The van der Waals surface area contributed by atoms with Gasteiger partial charge in [0, 0.05) is 6.42 Å². The van der Waals surface area contributed by atoms with Crippen LogP contribution in [-0.2, 0) is 16.1 Å². The number of benzene rings is 3. The molecule has 1 aliphatic heterocycles. The maximum atomic E-state index is 13.2. The van der Waals surface area contributed by atoms with Crippen LogP contribution in [0.1, 0.15) is 12.0 Å². The van der Waals surface area contributed by atoms with Gasteiger partial charge in [0.1, 0.15) is 16.7 Å². The minimum absolute atomic E-state index is 0.0404. The summed E-state index contributed by atoms with van der Waals surface area (Å²) in [7, 11) is 3.20. The molecule has 0 aromatic heterocycles. The Morgan fingerprint density at radius 3 is 2.29 bits per heavy atom. The van der Waals surface area contributed by atoms with Crippen LogP contribution >= 0.6 is 23.4 Å². The van der Waals surface area contributed by atoms with E-state index in [9.17, 15) is 9.59 Å². The summed E-state index contributed by atoms with van der Waals surface area (Å²) in [5, 5.41) is 3.06. The van der Waals surface area contributed by atoms with Gasteiger partial charge in [0.05, 0.1) is 37.2 Å². The third-order valence-electron chi connectivity index (χ3n) is 5.36. The van der Waals surface area contributed by atoms with Crippen LogP contribution in [-0.4, -0.2) is 41.4 Å². The van der Waals surface area contributed by atoms with E-state index in [0.717, 1.165) is 11.3 Å². The molecule has 9 heteroatoms. The van der Waals surface area contributed by atoms with E-state index in [-0.39, 0.29) is 18.2 Å². The molecule has 1 aliphatic rings. The van der Waals surface area contributed by atoms with Crippen LogP contribution in [0, 0.1) is 0 Å². The molecule has 1 fully saturated rings. The molecule has 35 heavy (non-hydrogen) atoms. The van der Waals surface area contributed by atoms with Crippen molar-refractivity contribution < 1.29 is 19.1 Å². The van der Waals surface area contributed by atoms with E-state index in [4.69, 9.17) is 26.1 Å². The van der Waals surface area contributed by atoms with Gasteiger partial charge in [-0.3, -0.25) is 14.5 Å². The lowest BCUT2D eigenvalue weighted by molar-refractivity contribution is -0.129. The van der Waals surface area contributed by atoms with Gasteiger partial charge in [0.25, 0.3) is 0 Å². The van der Waals surface area contributed by atoms with Crippen molar-refractivity contribution in [3.05, 3.63) is 83.4 Å². The van der Waals surface area contributed by atoms with Gasteiger partial charge in [-0.1, -0.05) is 47.6 Å². The summed E-state index contributed by atoms with van der Waals surface area (Å²) in [5.41, 5.74) is 2.07. The SMILES string of the molecule is COc1ccc(CN2C(=O)CC(C(=O)Nc3ccccc3Cl)SC2=Nc2ccc(OC)cc2)cc1. The Labute approximate surface area is 213 Å². The molecule has 0 radical (unpaired) electrons.